The largest absolute Gasteiger partial charge is 0.506 e. The number of nitrogens with one attached hydrogen (secondary N) is 1. The molecule has 1 heterocycles. The number of aryl methyl sites for hydroxylation is 1. The fraction of sp³-hybridized carbons (Fsp3) is 0.286. The van der Waals surface area contributed by atoms with E-state index in [1.807, 2.05) is 13.0 Å². The second kappa shape index (κ2) is 5.14. The van der Waals surface area contributed by atoms with Gasteiger partial charge in [-0.1, -0.05) is 0 Å². The molecule has 0 atom stereocenters. The van der Waals surface area contributed by atoms with Gasteiger partial charge in [-0.3, -0.25) is 4.98 Å². The van der Waals surface area contributed by atoms with Gasteiger partial charge >= 0.3 is 5.97 Å². The van der Waals surface area contributed by atoms with Crippen LogP contribution in [0.3, 0.4) is 0 Å². The van der Waals surface area contributed by atoms with E-state index in [1.54, 1.807) is 20.0 Å². The van der Waals surface area contributed by atoms with Crippen molar-refractivity contribution in [2.24, 2.45) is 0 Å². The van der Waals surface area contributed by atoms with Gasteiger partial charge in [0, 0.05) is 18.6 Å². The first-order valence-corrected chi connectivity index (χ1v) is 6.05. The van der Waals surface area contributed by atoms with E-state index in [0.29, 0.717) is 10.9 Å². The molecule has 100 valence electrons. The molecule has 0 saturated heterocycles. The van der Waals surface area contributed by atoms with Crippen LogP contribution in [0.25, 0.3) is 10.9 Å². The molecule has 0 spiro atoms. The first-order valence-electron chi connectivity index (χ1n) is 6.05. The molecule has 2 aromatic rings. The van der Waals surface area contributed by atoms with Crippen LogP contribution in [-0.2, 0) is 4.74 Å². The fourth-order valence-electron chi connectivity index (χ4n) is 1.98. The number of rotatable bonds is 3. The van der Waals surface area contributed by atoms with E-state index in [4.69, 9.17) is 4.74 Å². The fourth-order valence-corrected chi connectivity index (χ4v) is 1.98. The molecule has 0 bridgehead atoms. The quantitative estimate of drug-likeness (QED) is 0.829. The van der Waals surface area contributed by atoms with Gasteiger partial charge in [0.25, 0.3) is 0 Å². The van der Waals surface area contributed by atoms with Crippen LogP contribution in [0.5, 0.6) is 5.75 Å². The monoisotopic (exact) mass is 260 g/mol. The number of hydrogen-bond donors (Lipinski definition) is 2. The number of esters is 1. The zero-order valence-corrected chi connectivity index (χ0v) is 11.2. The average Bonchev–Trinajstić information content (AvgIpc) is 2.39. The van der Waals surface area contributed by atoms with Gasteiger partial charge in [0.1, 0.15) is 11.3 Å². The highest BCUT2D eigenvalue weighted by Crippen LogP contribution is 2.32. The molecule has 0 fully saturated rings. The van der Waals surface area contributed by atoms with Gasteiger partial charge in [0.2, 0.25) is 0 Å². The standard InChI is InChI=1S/C14H16N2O3/c1-4-19-14(18)10-7-16-12-9(13(10)17)5-8(2)6-11(12)15-3/h5-7,15H,4H2,1-3H3,(H,16,17). The Bertz CT molecular complexity index is 638. The Balaban J connectivity index is 2.68. The number of aromatic hydroxyl groups is 1. The van der Waals surface area contributed by atoms with Crippen molar-refractivity contribution < 1.29 is 14.6 Å². The molecule has 0 amide bonds. The van der Waals surface area contributed by atoms with Gasteiger partial charge in [-0.05, 0) is 31.5 Å². The first-order chi connectivity index (χ1) is 9.08. The Morgan fingerprint density at radius 3 is 2.84 bits per heavy atom. The highest BCUT2D eigenvalue weighted by Gasteiger charge is 2.17. The number of hydrogen-bond acceptors (Lipinski definition) is 5. The number of benzene rings is 1. The van der Waals surface area contributed by atoms with Gasteiger partial charge < -0.3 is 15.2 Å². The van der Waals surface area contributed by atoms with Crippen LogP contribution in [0.15, 0.2) is 18.3 Å². The summed E-state index contributed by atoms with van der Waals surface area (Å²) < 4.78 is 4.89. The van der Waals surface area contributed by atoms with Crippen LogP contribution >= 0.6 is 0 Å². The highest BCUT2D eigenvalue weighted by atomic mass is 16.5. The van der Waals surface area contributed by atoms with E-state index in [0.717, 1.165) is 11.3 Å². The zero-order chi connectivity index (χ0) is 14.0. The normalized spacial score (nSPS) is 10.5. The summed E-state index contributed by atoms with van der Waals surface area (Å²) in [4.78, 5) is 15.9. The summed E-state index contributed by atoms with van der Waals surface area (Å²) >= 11 is 0. The molecule has 0 aliphatic rings. The number of aromatic nitrogens is 1. The molecular formula is C14H16N2O3. The van der Waals surface area contributed by atoms with E-state index in [1.165, 1.54) is 6.20 Å². The van der Waals surface area contributed by atoms with Crippen molar-refractivity contribution in [2.45, 2.75) is 13.8 Å². The van der Waals surface area contributed by atoms with Gasteiger partial charge in [0.05, 0.1) is 17.8 Å². The lowest BCUT2D eigenvalue weighted by molar-refractivity contribution is 0.0523. The van der Waals surface area contributed by atoms with Gasteiger partial charge in [-0.25, -0.2) is 4.79 Å². The highest BCUT2D eigenvalue weighted by molar-refractivity contribution is 6.02. The van der Waals surface area contributed by atoms with E-state index in [9.17, 15) is 9.90 Å². The molecule has 0 radical (unpaired) electrons. The van der Waals surface area contributed by atoms with E-state index in [-0.39, 0.29) is 17.9 Å². The van der Waals surface area contributed by atoms with Crippen LogP contribution in [0, 0.1) is 6.92 Å². The molecule has 1 aromatic heterocycles. The van der Waals surface area contributed by atoms with Gasteiger partial charge in [-0.15, -0.1) is 0 Å². The zero-order valence-electron chi connectivity index (χ0n) is 11.2. The predicted molar refractivity (Wildman–Crippen MR) is 73.6 cm³/mol. The number of fused-ring (bicyclic) bond motifs is 1. The van der Waals surface area contributed by atoms with Crippen LogP contribution in [0.2, 0.25) is 0 Å². The molecular weight excluding hydrogens is 244 g/mol. The predicted octanol–water partition coefficient (Wildman–Crippen LogP) is 2.47. The minimum Gasteiger partial charge on any atom is -0.506 e. The van der Waals surface area contributed by atoms with Gasteiger partial charge in [0.15, 0.2) is 0 Å². The molecule has 2 rings (SSSR count). The minimum atomic E-state index is -0.568. The number of carbonyl (C=O) groups is 1. The van der Waals surface area contributed by atoms with Crippen molar-refractivity contribution >= 4 is 22.6 Å². The minimum absolute atomic E-state index is 0.0852. The molecule has 0 saturated carbocycles. The third kappa shape index (κ3) is 2.31. The van der Waals surface area contributed by atoms with Crippen molar-refractivity contribution in [3.63, 3.8) is 0 Å². The van der Waals surface area contributed by atoms with Crippen molar-refractivity contribution in [3.8, 4) is 5.75 Å². The maximum atomic E-state index is 11.7. The lowest BCUT2D eigenvalue weighted by Crippen LogP contribution is -2.06. The lowest BCUT2D eigenvalue weighted by atomic mass is 10.1. The van der Waals surface area contributed by atoms with Crippen molar-refractivity contribution in [1.29, 1.82) is 0 Å². The maximum Gasteiger partial charge on any atom is 0.343 e. The molecule has 1 aromatic carbocycles. The second-order valence-electron chi connectivity index (χ2n) is 4.20. The summed E-state index contributed by atoms with van der Waals surface area (Å²) in [5.74, 6) is -0.662. The second-order valence-corrected chi connectivity index (χ2v) is 4.20. The molecule has 0 aliphatic heterocycles. The third-order valence-electron chi connectivity index (χ3n) is 2.85. The molecule has 5 nitrogen and oxygen atoms in total. The molecule has 19 heavy (non-hydrogen) atoms. The first kappa shape index (κ1) is 13.1. The summed E-state index contributed by atoms with van der Waals surface area (Å²) in [6.07, 6.45) is 1.34. The lowest BCUT2D eigenvalue weighted by Gasteiger charge is -2.11. The molecule has 2 N–H and O–H groups in total. The van der Waals surface area contributed by atoms with Crippen molar-refractivity contribution in [1.82, 2.24) is 4.98 Å². The Morgan fingerprint density at radius 1 is 1.47 bits per heavy atom. The average molecular weight is 260 g/mol. The van der Waals surface area contributed by atoms with E-state index in [2.05, 4.69) is 10.3 Å². The smallest absolute Gasteiger partial charge is 0.343 e. The Labute approximate surface area is 111 Å². The number of nitrogens with zero attached hydrogens (tertiary/aromatic N) is 1. The summed E-state index contributed by atoms with van der Waals surface area (Å²) in [5.41, 5.74) is 2.48. The maximum absolute atomic E-state index is 11.7. The molecule has 5 heteroatoms. The summed E-state index contributed by atoms with van der Waals surface area (Å²) in [7, 11) is 1.78. The van der Waals surface area contributed by atoms with Crippen LogP contribution in [0.1, 0.15) is 22.8 Å². The summed E-state index contributed by atoms with van der Waals surface area (Å²) in [6.45, 7) is 3.88. The number of anilines is 1. The van der Waals surface area contributed by atoms with Crippen LogP contribution in [-0.4, -0.2) is 29.7 Å². The number of ether oxygens (including phenoxy) is 1. The van der Waals surface area contributed by atoms with E-state index >= 15 is 0 Å². The van der Waals surface area contributed by atoms with Gasteiger partial charge in [-0.2, -0.15) is 0 Å². The Hall–Kier alpha value is -2.30. The van der Waals surface area contributed by atoms with Crippen molar-refractivity contribution in [3.05, 3.63) is 29.5 Å². The molecule has 0 aliphatic carbocycles. The number of pyridine rings is 1. The van der Waals surface area contributed by atoms with Crippen molar-refractivity contribution in [2.75, 3.05) is 19.0 Å². The molecule has 0 unspecified atom stereocenters. The SMILES string of the molecule is CCOC(=O)c1cnc2c(NC)cc(C)cc2c1O. The topological polar surface area (TPSA) is 71.5 Å². The summed E-state index contributed by atoms with van der Waals surface area (Å²) in [6, 6.07) is 3.72. The van der Waals surface area contributed by atoms with Crippen LogP contribution in [0.4, 0.5) is 5.69 Å². The van der Waals surface area contributed by atoms with E-state index < -0.39 is 5.97 Å². The Morgan fingerprint density at radius 2 is 2.21 bits per heavy atom. The summed E-state index contributed by atoms with van der Waals surface area (Å²) in [5, 5.41) is 13.8. The van der Waals surface area contributed by atoms with Crippen LogP contribution < -0.4 is 5.32 Å². The third-order valence-corrected chi connectivity index (χ3v) is 2.85. The number of carbonyl (C=O) groups excluding carboxylic acids is 1. The Kier molecular flexibility index (Phi) is 3.55.